The van der Waals surface area contributed by atoms with Gasteiger partial charge in [-0.15, -0.1) is 0 Å². The monoisotopic (exact) mass is 366 g/mol. The van der Waals surface area contributed by atoms with E-state index in [0.29, 0.717) is 50.7 Å². The van der Waals surface area contributed by atoms with Crippen LogP contribution in [0.1, 0.15) is 45.4 Å². The molecule has 0 aromatic carbocycles. The van der Waals surface area contributed by atoms with Crippen molar-refractivity contribution in [3.63, 3.8) is 0 Å². The predicted octanol–water partition coefficient (Wildman–Crippen LogP) is 1.23. The van der Waals surface area contributed by atoms with Crippen molar-refractivity contribution in [2.75, 3.05) is 40.3 Å². The molecule has 3 atom stereocenters. The fourth-order valence-electron chi connectivity index (χ4n) is 3.87. The van der Waals surface area contributed by atoms with Gasteiger partial charge < -0.3 is 15.5 Å². The lowest BCUT2D eigenvalue weighted by molar-refractivity contribution is -0.135. The van der Waals surface area contributed by atoms with Gasteiger partial charge >= 0.3 is 6.03 Å². The Bertz CT molecular complexity index is 509. The molecule has 1 saturated heterocycles. The molecule has 7 heteroatoms. The molecule has 1 saturated carbocycles. The highest BCUT2D eigenvalue weighted by Gasteiger charge is 2.39. The maximum Gasteiger partial charge on any atom is 0.324 e. The number of likely N-dealkylation sites (N-methyl/N-ethyl adjacent to an activating group) is 1. The summed E-state index contributed by atoms with van der Waals surface area (Å²) >= 11 is 0. The fourth-order valence-corrected chi connectivity index (χ4v) is 3.87. The number of Topliss-reactive ketones (excluding diaryl/α,β-unsaturated/α-hetero) is 1. The van der Waals surface area contributed by atoms with E-state index >= 15 is 0 Å². The molecule has 7 nitrogen and oxygen atoms in total. The molecule has 1 heterocycles. The molecule has 1 aliphatic heterocycles. The van der Waals surface area contributed by atoms with Gasteiger partial charge in [-0.25, -0.2) is 4.79 Å². The molecule has 2 rings (SSSR count). The predicted molar refractivity (Wildman–Crippen MR) is 101 cm³/mol. The number of piperidine rings is 1. The van der Waals surface area contributed by atoms with Crippen LogP contribution in [0.2, 0.25) is 0 Å². The van der Waals surface area contributed by atoms with Crippen LogP contribution in [0.4, 0.5) is 4.79 Å². The van der Waals surface area contributed by atoms with Crippen LogP contribution in [-0.4, -0.2) is 73.8 Å². The molecule has 2 aliphatic rings. The van der Waals surface area contributed by atoms with Crippen molar-refractivity contribution in [1.82, 2.24) is 20.4 Å². The van der Waals surface area contributed by atoms with Gasteiger partial charge in [0.2, 0.25) is 5.91 Å². The SMILES string of the molecule is CCCCN(C(=O)NCCN(C)C)C(=O)C1CNC2CCC(=O)CC2C1. The van der Waals surface area contributed by atoms with E-state index in [2.05, 4.69) is 10.6 Å². The number of nitrogens with one attached hydrogen (secondary N) is 2. The van der Waals surface area contributed by atoms with Gasteiger partial charge in [-0.1, -0.05) is 13.3 Å². The Labute approximate surface area is 156 Å². The van der Waals surface area contributed by atoms with Crippen LogP contribution in [0.5, 0.6) is 0 Å². The number of hydrogen-bond acceptors (Lipinski definition) is 5. The van der Waals surface area contributed by atoms with Crippen molar-refractivity contribution in [1.29, 1.82) is 0 Å². The molecular formula is C19H34N4O3. The summed E-state index contributed by atoms with van der Waals surface area (Å²) in [6.45, 7) is 4.35. The number of unbranched alkanes of at least 4 members (excludes halogenated alkanes) is 1. The second-order valence-corrected chi connectivity index (χ2v) is 7.87. The minimum absolute atomic E-state index is 0.107. The van der Waals surface area contributed by atoms with Gasteiger partial charge in [-0.3, -0.25) is 14.5 Å². The number of carbonyl (C=O) groups excluding carboxylic acids is 3. The summed E-state index contributed by atoms with van der Waals surface area (Å²) < 4.78 is 0. The average Bonchev–Trinajstić information content (AvgIpc) is 2.60. The van der Waals surface area contributed by atoms with Gasteiger partial charge in [-0.05, 0) is 39.3 Å². The van der Waals surface area contributed by atoms with Crippen molar-refractivity contribution in [2.24, 2.45) is 11.8 Å². The molecule has 1 aliphatic carbocycles. The number of fused-ring (bicyclic) bond motifs is 1. The van der Waals surface area contributed by atoms with Crippen LogP contribution >= 0.6 is 0 Å². The smallest absolute Gasteiger partial charge is 0.324 e. The average molecular weight is 367 g/mol. The molecule has 0 spiro atoms. The first-order chi connectivity index (χ1) is 12.4. The summed E-state index contributed by atoms with van der Waals surface area (Å²) in [7, 11) is 3.89. The van der Waals surface area contributed by atoms with Crippen molar-refractivity contribution in [3.05, 3.63) is 0 Å². The van der Waals surface area contributed by atoms with Crippen LogP contribution in [0.15, 0.2) is 0 Å². The van der Waals surface area contributed by atoms with E-state index in [1.54, 1.807) is 0 Å². The van der Waals surface area contributed by atoms with Crippen molar-refractivity contribution in [3.8, 4) is 0 Å². The second-order valence-electron chi connectivity index (χ2n) is 7.87. The highest BCUT2D eigenvalue weighted by atomic mass is 16.2. The van der Waals surface area contributed by atoms with Crippen LogP contribution in [0, 0.1) is 11.8 Å². The Morgan fingerprint density at radius 2 is 2.04 bits per heavy atom. The lowest BCUT2D eigenvalue weighted by Gasteiger charge is -2.40. The zero-order valence-corrected chi connectivity index (χ0v) is 16.4. The summed E-state index contributed by atoms with van der Waals surface area (Å²) in [5, 5.41) is 6.30. The highest BCUT2D eigenvalue weighted by Crippen LogP contribution is 2.32. The van der Waals surface area contributed by atoms with Gasteiger partial charge in [0.25, 0.3) is 0 Å². The maximum atomic E-state index is 13.0. The molecular weight excluding hydrogens is 332 g/mol. The zero-order valence-electron chi connectivity index (χ0n) is 16.4. The standard InChI is InChI=1S/C19H34N4O3/c1-4-5-9-23(19(26)20-8-10-22(2)3)18(25)15-11-14-12-16(24)6-7-17(14)21-13-15/h14-15,17,21H,4-13H2,1-3H3,(H,20,26). The molecule has 0 bridgehead atoms. The first-order valence-electron chi connectivity index (χ1n) is 9.91. The van der Waals surface area contributed by atoms with Gasteiger partial charge in [0.1, 0.15) is 5.78 Å². The third-order valence-electron chi connectivity index (χ3n) is 5.44. The van der Waals surface area contributed by atoms with Gasteiger partial charge in [-0.2, -0.15) is 0 Å². The molecule has 148 valence electrons. The Kier molecular flexibility index (Phi) is 8.03. The van der Waals surface area contributed by atoms with Gasteiger partial charge in [0.05, 0.1) is 5.92 Å². The van der Waals surface area contributed by atoms with Crippen molar-refractivity contribution >= 4 is 17.7 Å². The van der Waals surface area contributed by atoms with E-state index in [0.717, 1.165) is 25.8 Å². The number of carbonyl (C=O) groups is 3. The minimum atomic E-state index is -0.299. The van der Waals surface area contributed by atoms with E-state index in [9.17, 15) is 14.4 Å². The largest absolute Gasteiger partial charge is 0.336 e. The van der Waals surface area contributed by atoms with Gasteiger partial charge in [0.15, 0.2) is 0 Å². The summed E-state index contributed by atoms with van der Waals surface area (Å²) in [5.74, 6) is 0.192. The molecule has 26 heavy (non-hydrogen) atoms. The lowest BCUT2D eigenvalue weighted by Crippen LogP contribution is -2.55. The van der Waals surface area contributed by atoms with E-state index in [4.69, 9.17) is 0 Å². The van der Waals surface area contributed by atoms with Gasteiger partial charge in [0, 0.05) is 45.1 Å². The fraction of sp³-hybridized carbons (Fsp3) is 0.842. The summed E-state index contributed by atoms with van der Waals surface area (Å²) in [6.07, 6.45) is 4.51. The normalized spacial score (nSPS) is 25.7. The Morgan fingerprint density at radius 3 is 2.73 bits per heavy atom. The number of rotatable bonds is 7. The number of ketones is 1. The summed E-state index contributed by atoms with van der Waals surface area (Å²) in [6, 6.07) is 0.0434. The first kappa shape index (κ1) is 20.8. The number of hydrogen-bond donors (Lipinski definition) is 2. The molecule has 3 amide bonds. The third-order valence-corrected chi connectivity index (χ3v) is 5.44. The topological polar surface area (TPSA) is 81.8 Å². The van der Waals surface area contributed by atoms with E-state index in [-0.39, 0.29) is 23.8 Å². The first-order valence-corrected chi connectivity index (χ1v) is 9.91. The maximum absolute atomic E-state index is 13.0. The molecule has 3 unspecified atom stereocenters. The molecule has 2 N–H and O–H groups in total. The minimum Gasteiger partial charge on any atom is -0.336 e. The molecule has 0 aromatic rings. The van der Waals surface area contributed by atoms with Crippen LogP contribution in [0.25, 0.3) is 0 Å². The van der Waals surface area contributed by atoms with E-state index < -0.39 is 0 Å². The quantitative estimate of drug-likeness (QED) is 0.708. The third kappa shape index (κ3) is 5.77. The molecule has 0 aromatic heterocycles. The molecule has 2 fully saturated rings. The number of nitrogens with zero attached hydrogens (tertiary/aromatic N) is 2. The zero-order chi connectivity index (χ0) is 19.1. The van der Waals surface area contributed by atoms with Crippen LogP contribution in [-0.2, 0) is 9.59 Å². The summed E-state index contributed by atoms with van der Waals surface area (Å²) in [4.78, 5) is 40.7. The molecule has 0 radical (unpaired) electrons. The Balaban J connectivity index is 1.96. The van der Waals surface area contributed by atoms with Crippen LogP contribution in [0.3, 0.4) is 0 Å². The number of imide groups is 1. The second kappa shape index (κ2) is 10.0. The Hall–Kier alpha value is -1.47. The summed E-state index contributed by atoms with van der Waals surface area (Å²) in [5.41, 5.74) is 0. The van der Waals surface area contributed by atoms with E-state index in [1.165, 1.54) is 4.90 Å². The van der Waals surface area contributed by atoms with Crippen molar-refractivity contribution in [2.45, 2.75) is 51.5 Å². The number of urea groups is 1. The lowest BCUT2D eigenvalue weighted by atomic mass is 9.75. The van der Waals surface area contributed by atoms with Crippen molar-refractivity contribution < 1.29 is 14.4 Å². The highest BCUT2D eigenvalue weighted by molar-refractivity contribution is 5.95. The Morgan fingerprint density at radius 1 is 1.27 bits per heavy atom. The van der Waals surface area contributed by atoms with Crippen LogP contribution < -0.4 is 10.6 Å². The van der Waals surface area contributed by atoms with E-state index in [1.807, 2.05) is 25.9 Å². The number of amides is 3.